The van der Waals surface area contributed by atoms with Gasteiger partial charge in [0.15, 0.2) is 0 Å². The van der Waals surface area contributed by atoms with E-state index in [0.717, 1.165) is 13.1 Å². The smallest absolute Gasteiger partial charge is 0.225 e. The van der Waals surface area contributed by atoms with Crippen LogP contribution in [0.2, 0.25) is 5.02 Å². The van der Waals surface area contributed by atoms with Gasteiger partial charge in [-0.1, -0.05) is 35.9 Å². The van der Waals surface area contributed by atoms with E-state index in [0.29, 0.717) is 11.0 Å². The van der Waals surface area contributed by atoms with Crippen LogP contribution in [0.4, 0.5) is 5.95 Å². The normalized spacial score (nSPS) is 10.4. The molecule has 0 N–H and O–H groups in total. The van der Waals surface area contributed by atoms with Gasteiger partial charge < -0.3 is 4.90 Å². The minimum Gasteiger partial charge on any atom is -0.337 e. The summed E-state index contributed by atoms with van der Waals surface area (Å²) in [5.74, 6) is 0.713. The molecule has 0 amide bonds. The number of aryl methyl sites for hydroxylation is 1. The molecule has 0 fully saturated rings. The Bertz CT molecular complexity index is 511. The predicted octanol–water partition coefficient (Wildman–Crippen LogP) is 3.46. The van der Waals surface area contributed by atoms with Crippen LogP contribution in [-0.4, -0.2) is 16.5 Å². The molecular weight excluding hydrogens is 246 g/mol. The van der Waals surface area contributed by atoms with Gasteiger partial charge in [-0.3, -0.25) is 0 Å². The molecule has 0 bridgehead atoms. The van der Waals surface area contributed by atoms with Crippen LogP contribution in [0.1, 0.15) is 18.1 Å². The topological polar surface area (TPSA) is 29.0 Å². The van der Waals surface area contributed by atoms with Crippen LogP contribution in [0.25, 0.3) is 0 Å². The molecule has 0 aliphatic heterocycles. The lowest BCUT2D eigenvalue weighted by atomic mass is 10.1. The van der Waals surface area contributed by atoms with Crippen molar-refractivity contribution in [3.8, 4) is 0 Å². The van der Waals surface area contributed by atoms with E-state index < -0.39 is 0 Å². The Labute approximate surface area is 112 Å². The van der Waals surface area contributed by atoms with Crippen molar-refractivity contribution in [2.75, 3.05) is 11.4 Å². The first-order valence-corrected chi connectivity index (χ1v) is 6.35. The number of nitrogens with zero attached hydrogens (tertiary/aromatic N) is 3. The van der Waals surface area contributed by atoms with Crippen molar-refractivity contribution in [1.29, 1.82) is 0 Å². The summed E-state index contributed by atoms with van der Waals surface area (Å²) in [4.78, 5) is 10.6. The summed E-state index contributed by atoms with van der Waals surface area (Å²) in [5.41, 5.74) is 2.57. The highest BCUT2D eigenvalue weighted by Gasteiger charge is 2.09. The Morgan fingerprint density at radius 1 is 1.17 bits per heavy atom. The average Bonchev–Trinajstić information content (AvgIpc) is 2.39. The molecule has 4 heteroatoms. The molecule has 2 rings (SSSR count). The van der Waals surface area contributed by atoms with Crippen molar-refractivity contribution in [2.24, 2.45) is 0 Å². The van der Waals surface area contributed by atoms with Gasteiger partial charge in [0.25, 0.3) is 0 Å². The monoisotopic (exact) mass is 261 g/mol. The average molecular weight is 262 g/mol. The van der Waals surface area contributed by atoms with Gasteiger partial charge in [-0.25, -0.2) is 9.97 Å². The fraction of sp³-hybridized carbons (Fsp3) is 0.286. The van der Waals surface area contributed by atoms with Crippen molar-refractivity contribution in [3.05, 3.63) is 52.8 Å². The number of halogens is 1. The fourth-order valence-corrected chi connectivity index (χ4v) is 1.88. The van der Waals surface area contributed by atoms with Crippen LogP contribution < -0.4 is 4.90 Å². The first kappa shape index (κ1) is 12.8. The second kappa shape index (κ2) is 5.83. The quantitative estimate of drug-likeness (QED) is 0.844. The molecular formula is C14H16ClN3. The van der Waals surface area contributed by atoms with Crippen molar-refractivity contribution >= 4 is 17.5 Å². The maximum atomic E-state index is 5.80. The molecule has 0 unspecified atom stereocenters. The van der Waals surface area contributed by atoms with Crippen LogP contribution in [0, 0.1) is 6.92 Å². The number of rotatable bonds is 4. The lowest BCUT2D eigenvalue weighted by Gasteiger charge is -2.21. The van der Waals surface area contributed by atoms with Gasteiger partial charge in [-0.15, -0.1) is 0 Å². The third kappa shape index (κ3) is 2.99. The van der Waals surface area contributed by atoms with E-state index in [-0.39, 0.29) is 0 Å². The maximum Gasteiger partial charge on any atom is 0.225 e. The lowest BCUT2D eigenvalue weighted by Crippen LogP contribution is -2.24. The molecule has 2 aromatic rings. The van der Waals surface area contributed by atoms with E-state index in [1.54, 1.807) is 12.4 Å². The minimum absolute atomic E-state index is 0.561. The number of aromatic nitrogens is 2. The summed E-state index contributed by atoms with van der Waals surface area (Å²) < 4.78 is 0. The third-order valence-electron chi connectivity index (χ3n) is 2.89. The summed E-state index contributed by atoms with van der Waals surface area (Å²) in [5, 5.41) is 0.561. The highest BCUT2D eigenvalue weighted by atomic mass is 35.5. The van der Waals surface area contributed by atoms with Crippen LogP contribution in [0.3, 0.4) is 0 Å². The van der Waals surface area contributed by atoms with E-state index in [9.17, 15) is 0 Å². The molecule has 0 aliphatic carbocycles. The van der Waals surface area contributed by atoms with E-state index in [4.69, 9.17) is 11.6 Å². The molecule has 1 aromatic heterocycles. The molecule has 94 valence electrons. The standard InChI is InChI=1S/C14H16ClN3/c1-3-18(14-16-8-13(15)9-17-14)10-12-7-5-4-6-11(12)2/h4-9H,3,10H2,1-2H3. The van der Waals surface area contributed by atoms with Crippen molar-refractivity contribution in [2.45, 2.75) is 20.4 Å². The predicted molar refractivity (Wildman–Crippen MR) is 74.9 cm³/mol. The summed E-state index contributed by atoms with van der Waals surface area (Å²) in [6, 6.07) is 8.35. The second-order valence-corrected chi connectivity index (χ2v) is 4.58. The fourth-order valence-electron chi connectivity index (χ4n) is 1.79. The zero-order valence-corrected chi connectivity index (χ0v) is 11.4. The van der Waals surface area contributed by atoms with Crippen LogP contribution >= 0.6 is 11.6 Å². The molecule has 0 saturated carbocycles. The second-order valence-electron chi connectivity index (χ2n) is 4.14. The van der Waals surface area contributed by atoms with Crippen LogP contribution in [0.15, 0.2) is 36.7 Å². The molecule has 1 heterocycles. The summed E-state index contributed by atoms with van der Waals surface area (Å²) in [6.45, 7) is 5.88. The number of hydrogen-bond acceptors (Lipinski definition) is 3. The Morgan fingerprint density at radius 3 is 2.44 bits per heavy atom. The van der Waals surface area contributed by atoms with Gasteiger partial charge in [-0.05, 0) is 25.0 Å². The maximum absolute atomic E-state index is 5.80. The summed E-state index contributed by atoms with van der Waals surface area (Å²) in [6.07, 6.45) is 3.26. The van der Waals surface area contributed by atoms with E-state index in [1.807, 2.05) is 6.07 Å². The van der Waals surface area contributed by atoms with Gasteiger partial charge in [0.05, 0.1) is 17.4 Å². The largest absolute Gasteiger partial charge is 0.337 e. The van der Waals surface area contributed by atoms with Gasteiger partial charge in [0.2, 0.25) is 5.95 Å². The van der Waals surface area contributed by atoms with E-state index in [1.165, 1.54) is 11.1 Å². The zero-order valence-electron chi connectivity index (χ0n) is 10.6. The van der Waals surface area contributed by atoms with Gasteiger partial charge in [0, 0.05) is 13.1 Å². The Hall–Kier alpha value is -1.61. The first-order valence-electron chi connectivity index (χ1n) is 5.97. The number of anilines is 1. The third-order valence-corrected chi connectivity index (χ3v) is 3.09. The van der Waals surface area contributed by atoms with Crippen molar-refractivity contribution < 1.29 is 0 Å². The highest BCUT2D eigenvalue weighted by Crippen LogP contribution is 2.15. The number of benzene rings is 1. The van der Waals surface area contributed by atoms with E-state index in [2.05, 4.69) is 46.9 Å². The van der Waals surface area contributed by atoms with E-state index >= 15 is 0 Å². The minimum atomic E-state index is 0.561. The SMILES string of the molecule is CCN(Cc1ccccc1C)c1ncc(Cl)cn1. The molecule has 0 aliphatic rings. The molecule has 1 aromatic carbocycles. The zero-order chi connectivity index (χ0) is 13.0. The van der Waals surface area contributed by atoms with Crippen molar-refractivity contribution in [3.63, 3.8) is 0 Å². The molecule has 0 atom stereocenters. The Kier molecular flexibility index (Phi) is 4.15. The summed E-state index contributed by atoms with van der Waals surface area (Å²) in [7, 11) is 0. The van der Waals surface area contributed by atoms with Gasteiger partial charge in [-0.2, -0.15) is 0 Å². The Morgan fingerprint density at radius 2 is 1.83 bits per heavy atom. The molecule has 3 nitrogen and oxygen atoms in total. The Balaban J connectivity index is 2.20. The van der Waals surface area contributed by atoms with Crippen LogP contribution in [-0.2, 0) is 6.54 Å². The number of hydrogen-bond donors (Lipinski definition) is 0. The molecule has 18 heavy (non-hydrogen) atoms. The molecule has 0 radical (unpaired) electrons. The van der Waals surface area contributed by atoms with Gasteiger partial charge in [0.1, 0.15) is 0 Å². The first-order chi connectivity index (χ1) is 8.70. The van der Waals surface area contributed by atoms with Crippen molar-refractivity contribution in [1.82, 2.24) is 9.97 Å². The highest BCUT2D eigenvalue weighted by molar-refractivity contribution is 6.30. The lowest BCUT2D eigenvalue weighted by molar-refractivity contribution is 0.788. The molecule has 0 saturated heterocycles. The summed E-state index contributed by atoms with van der Waals surface area (Å²) >= 11 is 5.80. The van der Waals surface area contributed by atoms with Crippen LogP contribution in [0.5, 0.6) is 0 Å². The molecule has 0 spiro atoms. The van der Waals surface area contributed by atoms with Gasteiger partial charge >= 0.3 is 0 Å².